The first-order valence-electron chi connectivity index (χ1n) is 13.0. The minimum atomic E-state index is -3.65. The summed E-state index contributed by atoms with van der Waals surface area (Å²) >= 11 is 0. The van der Waals surface area contributed by atoms with Crippen LogP contribution in [0.3, 0.4) is 0 Å². The van der Waals surface area contributed by atoms with Crippen LogP contribution in [0.5, 0.6) is 11.5 Å². The Morgan fingerprint density at radius 1 is 0.756 bits per heavy atom. The summed E-state index contributed by atoms with van der Waals surface area (Å²) in [5.41, 5.74) is 4.60. The topological polar surface area (TPSA) is 88.6 Å². The summed E-state index contributed by atoms with van der Waals surface area (Å²) < 4.78 is 33.0. The highest BCUT2D eigenvalue weighted by molar-refractivity contribution is 7.92. The molecule has 0 unspecified atom stereocenters. The molecular formula is C33H29N3O4S. The van der Waals surface area contributed by atoms with Crippen molar-refractivity contribution >= 4 is 27.3 Å². The highest BCUT2D eigenvalue weighted by Gasteiger charge is 2.22. The van der Waals surface area contributed by atoms with Crippen molar-refractivity contribution in [1.82, 2.24) is 4.98 Å². The van der Waals surface area contributed by atoms with E-state index < -0.39 is 10.0 Å². The fourth-order valence-corrected chi connectivity index (χ4v) is 5.21. The van der Waals surface area contributed by atoms with Gasteiger partial charge in [-0.15, -0.1) is 0 Å². The summed E-state index contributed by atoms with van der Waals surface area (Å²) in [5.74, 6) is 0.777. The smallest absolute Gasteiger partial charge is 0.255 e. The van der Waals surface area contributed by atoms with Crippen LogP contribution in [-0.4, -0.2) is 25.6 Å². The van der Waals surface area contributed by atoms with E-state index in [9.17, 15) is 13.2 Å². The molecule has 41 heavy (non-hydrogen) atoms. The van der Waals surface area contributed by atoms with Gasteiger partial charge in [0.15, 0.2) is 5.75 Å². The Morgan fingerprint density at radius 2 is 1.37 bits per heavy atom. The molecule has 7 nitrogen and oxygen atoms in total. The second-order valence-corrected chi connectivity index (χ2v) is 11.4. The number of rotatable bonds is 10. The molecule has 4 aromatic carbocycles. The van der Waals surface area contributed by atoms with Gasteiger partial charge in [0.25, 0.3) is 5.91 Å². The van der Waals surface area contributed by atoms with Gasteiger partial charge in [0.05, 0.1) is 18.5 Å². The predicted molar refractivity (Wildman–Crippen MR) is 162 cm³/mol. The number of nitrogens with zero attached hydrogens (tertiary/aromatic N) is 2. The van der Waals surface area contributed by atoms with E-state index in [4.69, 9.17) is 4.74 Å². The number of sulfonamides is 1. The molecule has 1 aromatic heterocycles. The fourth-order valence-electron chi connectivity index (χ4n) is 4.32. The van der Waals surface area contributed by atoms with Crippen molar-refractivity contribution in [1.29, 1.82) is 0 Å². The maximum absolute atomic E-state index is 12.9. The number of amides is 1. The van der Waals surface area contributed by atoms with Crippen LogP contribution in [0, 0.1) is 0 Å². The van der Waals surface area contributed by atoms with Crippen molar-refractivity contribution in [3.63, 3.8) is 0 Å². The lowest BCUT2D eigenvalue weighted by Crippen LogP contribution is -2.29. The largest absolute Gasteiger partial charge is 0.455 e. The van der Waals surface area contributed by atoms with E-state index in [0.29, 0.717) is 28.4 Å². The predicted octanol–water partition coefficient (Wildman–Crippen LogP) is 6.68. The third-order valence-electron chi connectivity index (χ3n) is 6.42. The summed E-state index contributed by atoms with van der Waals surface area (Å²) in [6, 6.07) is 34.8. The van der Waals surface area contributed by atoms with Gasteiger partial charge in [0.1, 0.15) is 5.75 Å². The Morgan fingerprint density at radius 3 is 2.05 bits per heavy atom. The molecule has 5 aromatic rings. The monoisotopic (exact) mass is 563 g/mol. The molecule has 0 saturated heterocycles. The van der Waals surface area contributed by atoms with E-state index in [-0.39, 0.29) is 12.5 Å². The standard InChI is InChI=1S/C33H29N3O4S/c1-41(38,39)36(31-9-5-6-10-32(31)40-30-7-3-2-4-8-30)24-27-11-15-28(16-12-27)33(37)35-29-17-13-25(14-18-29)23-26-19-21-34-22-20-26/h2-22H,23-24H2,1H3,(H,35,37). The third kappa shape index (κ3) is 7.38. The molecule has 8 heteroatoms. The number of nitrogens with one attached hydrogen (secondary N) is 1. The lowest BCUT2D eigenvalue weighted by Gasteiger charge is -2.25. The number of aromatic nitrogens is 1. The quantitative estimate of drug-likeness (QED) is 0.205. The van der Waals surface area contributed by atoms with Crippen LogP contribution in [-0.2, 0) is 23.0 Å². The minimum Gasteiger partial charge on any atom is -0.455 e. The van der Waals surface area contributed by atoms with Gasteiger partial charge in [-0.25, -0.2) is 8.42 Å². The van der Waals surface area contributed by atoms with Crippen LogP contribution in [0.1, 0.15) is 27.0 Å². The van der Waals surface area contributed by atoms with Gasteiger partial charge in [-0.3, -0.25) is 14.1 Å². The van der Waals surface area contributed by atoms with Crippen LogP contribution in [0.15, 0.2) is 128 Å². The van der Waals surface area contributed by atoms with Gasteiger partial charge < -0.3 is 10.1 Å². The van der Waals surface area contributed by atoms with Crippen molar-refractivity contribution in [2.45, 2.75) is 13.0 Å². The Kier molecular flexibility index (Phi) is 8.41. The van der Waals surface area contributed by atoms with Crippen LogP contribution in [0.2, 0.25) is 0 Å². The zero-order chi connectivity index (χ0) is 28.7. The maximum Gasteiger partial charge on any atom is 0.255 e. The Hall–Kier alpha value is -4.95. The lowest BCUT2D eigenvalue weighted by atomic mass is 10.1. The first kappa shape index (κ1) is 27.6. The second-order valence-electron chi connectivity index (χ2n) is 9.53. The first-order chi connectivity index (χ1) is 19.8. The number of ether oxygens (including phenoxy) is 1. The molecule has 0 aliphatic rings. The number of pyridine rings is 1. The molecule has 0 aliphatic heterocycles. The summed E-state index contributed by atoms with van der Waals surface area (Å²) in [6.45, 7) is 0.0782. The number of para-hydroxylation sites is 3. The minimum absolute atomic E-state index is 0.0782. The van der Waals surface area contributed by atoms with Crippen molar-refractivity contribution < 1.29 is 17.9 Å². The number of carbonyl (C=O) groups excluding carboxylic acids is 1. The molecule has 0 radical (unpaired) electrons. The molecule has 0 atom stereocenters. The van der Waals surface area contributed by atoms with Gasteiger partial charge in [-0.05, 0) is 83.8 Å². The first-order valence-corrected chi connectivity index (χ1v) is 14.9. The van der Waals surface area contributed by atoms with Crippen LogP contribution < -0.4 is 14.4 Å². The molecule has 1 amide bonds. The molecule has 0 aliphatic carbocycles. The molecule has 5 rings (SSSR count). The molecule has 0 spiro atoms. The summed E-state index contributed by atoms with van der Waals surface area (Å²) in [4.78, 5) is 16.9. The summed E-state index contributed by atoms with van der Waals surface area (Å²) in [5, 5.41) is 2.92. The average molecular weight is 564 g/mol. The number of anilines is 2. The fraction of sp³-hybridized carbons (Fsp3) is 0.0909. The van der Waals surface area contributed by atoms with Crippen molar-refractivity contribution in [2.24, 2.45) is 0 Å². The van der Waals surface area contributed by atoms with Crippen LogP contribution in [0.25, 0.3) is 0 Å². The Labute approximate surface area is 240 Å². The molecule has 206 valence electrons. The zero-order valence-electron chi connectivity index (χ0n) is 22.5. The van der Waals surface area contributed by atoms with Gasteiger partial charge in [-0.2, -0.15) is 0 Å². The Balaban J connectivity index is 1.27. The average Bonchev–Trinajstić information content (AvgIpc) is 2.98. The molecule has 0 bridgehead atoms. The SMILES string of the molecule is CS(=O)(=O)N(Cc1ccc(C(=O)Nc2ccc(Cc3ccncc3)cc2)cc1)c1ccccc1Oc1ccccc1. The Bertz CT molecular complexity index is 1710. The highest BCUT2D eigenvalue weighted by Crippen LogP contribution is 2.34. The second kappa shape index (κ2) is 12.5. The maximum atomic E-state index is 12.9. The number of benzene rings is 4. The number of hydrogen-bond acceptors (Lipinski definition) is 5. The molecule has 0 saturated carbocycles. The molecular weight excluding hydrogens is 534 g/mol. The van der Waals surface area contributed by atoms with Crippen LogP contribution >= 0.6 is 0 Å². The molecule has 1 heterocycles. The van der Waals surface area contributed by atoms with E-state index in [1.807, 2.05) is 66.7 Å². The third-order valence-corrected chi connectivity index (χ3v) is 7.54. The van der Waals surface area contributed by atoms with Gasteiger partial charge in [0, 0.05) is 23.6 Å². The van der Waals surface area contributed by atoms with Gasteiger partial charge in [0.2, 0.25) is 10.0 Å². The van der Waals surface area contributed by atoms with Gasteiger partial charge >= 0.3 is 0 Å². The summed E-state index contributed by atoms with van der Waals surface area (Å²) in [6.07, 6.45) is 5.49. The van der Waals surface area contributed by atoms with Crippen LogP contribution in [0.4, 0.5) is 11.4 Å². The van der Waals surface area contributed by atoms with Crippen molar-refractivity contribution in [2.75, 3.05) is 15.9 Å². The number of carbonyl (C=O) groups is 1. The van der Waals surface area contributed by atoms with Crippen molar-refractivity contribution in [3.8, 4) is 11.5 Å². The van der Waals surface area contributed by atoms with E-state index >= 15 is 0 Å². The lowest BCUT2D eigenvalue weighted by molar-refractivity contribution is 0.102. The normalized spacial score (nSPS) is 11.0. The molecule has 1 N–H and O–H groups in total. The summed E-state index contributed by atoms with van der Waals surface area (Å²) in [7, 11) is -3.65. The number of hydrogen-bond donors (Lipinski definition) is 1. The zero-order valence-corrected chi connectivity index (χ0v) is 23.3. The van der Waals surface area contributed by atoms with E-state index in [1.54, 1.807) is 60.9 Å². The van der Waals surface area contributed by atoms with E-state index in [1.165, 1.54) is 9.87 Å². The highest BCUT2D eigenvalue weighted by atomic mass is 32.2. The van der Waals surface area contributed by atoms with Gasteiger partial charge in [-0.1, -0.05) is 54.6 Å². The molecule has 0 fully saturated rings. The van der Waals surface area contributed by atoms with E-state index in [2.05, 4.69) is 10.3 Å². The van der Waals surface area contributed by atoms with E-state index in [0.717, 1.165) is 23.8 Å². The van der Waals surface area contributed by atoms with Crippen molar-refractivity contribution in [3.05, 3.63) is 150 Å².